The normalized spacial score (nSPS) is 16.0. The summed E-state index contributed by atoms with van der Waals surface area (Å²) in [6.45, 7) is 0. The third-order valence-corrected chi connectivity index (χ3v) is 4.96. The van der Waals surface area contributed by atoms with E-state index in [9.17, 15) is 0 Å². The molecule has 0 unspecified atom stereocenters. The van der Waals surface area contributed by atoms with Crippen molar-refractivity contribution in [1.29, 1.82) is 0 Å². The predicted molar refractivity (Wildman–Crippen MR) is 67.0 cm³/mol. The Morgan fingerprint density at radius 2 is 2.25 bits per heavy atom. The van der Waals surface area contributed by atoms with Gasteiger partial charge in [0.05, 0.1) is 4.88 Å². The molecular formula is C11H9N3S2. The molecule has 0 aromatic carbocycles. The highest BCUT2D eigenvalue weighted by atomic mass is 32.1. The van der Waals surface area contributed by atoms with Crippen LogP contribution in [0.15, 0.2) is 23.8 Å². The van der Waals surface area contributed by atoms with Gasteiger partial charge in [-0.3, -0.25) is 0 Å². The molecule has 0 bridgehead atoms. The lowest BCUT2D eigenvalue weighted by Crippen LogP contribution is -1.93. The van der Waals surface area contributed by atoms with Crippen molar-refractivity contribution in [3.63, 3.8) is 0 Å². The van der Waals surface area contributed by atoms with Gasteiger partial charge in [-0.15, -0.1) is 32.9 Å². The van der Waals surface area contributed by atoms with Gasteiger partial charge in [-0.1, -0.05) is 0 Å². The van der Waals surface area contributed by atoms with Gasteiger partial charge in [-0.2, -0.15) is 0 Å². The van der Waals surface area contributed by atoms with Gasteiger partial charge in [0.1, 0.15) is 6.33 Å². The number of fused-ring (bicyclic) bond motifs is 1. The van der Waals surface area contributed by atoms with Crippen LogP contribution in [0.25, 0.3) is 20.1 Å². The number of aromatic nitrogens is 3. The average Bonchev–Trinajstić information content (AvgIpc) is 2.74. The second-order valence-electron chi connectivity index (χ2n) is 4.05. The van der Waals surface area contributed by atoms with E-state index < -0.39 is 0 Å². The minimum absolute atomic E-state index is 0.644. The van der Waals surface area contributed by atoms with Crippen molar-refractivity contribution in [2.75, 3.05) is 0 Å². The molecule has 1 aliphatic carbocycles. The summed E-state index contributed by atoms with van der Waals surface area (Å²) in [5.41, 5.74) is 0. The minimum atomic E-state index is 0.644. The zero-order valence-electron chi connectivity index (χ0n) is 8.46. The fraction of sp³-hybridized carbons (Fsp3) is 0.273. The molecule has 0 aliphatic heterocycles. The van der Waals surface area contributed by atoms with Crippen LogP contribution in [-0.2, 0) is 0 Å². The smallest absolute Gasteiger partial charge is 0.174 e. The van der Waals surface area contributed by atoms with Crippen LogP contribution in [0.3, 0.4) is 0 Å². The lowest BCUT2D eigenvalue weighted by molar-refractivity contribution is 0.747. The van der Waals surface area contributed by atoms with E-state index in [1.165, 1.54) is 27.1 Å². The molecule has 5 heteroatoms. The Hall–Kier alpha value is -1.20. The molecule has 0 N–H and O–H groups in total. The van der Waals surface area contributed by atoms with Crippen molar-refractivity contribution >= 4 is 32.1 Å². The fourth-order valence-electron chi connectivity index (χ4n) is 1.91. The molecule has 3 aromatic heterocycles. The van der Waals surface area contributed by atoms with Gasteiger partial charge in [0, 0.05) is 15.4 Å². The molecule has 4 rings (SSSR count). The SMILES string of the molecule is c1cc2sc(-c3nncn3C3CC3)cc2s1. The summed E-state index contributed by atoms with van der Waals surface area (Å²) in [6.07, 6.45) is 4.40. The largest absolute Gasteiger partial charge is 0.310 e. The number of hydrogen-bond acceptors (Lipinski definition) is 4. The molecule has 0 radical (unpaired) electrons. The summed E-state index contributed by atoms with van der Waals surface area (Å²) < 4.78 is 4.92. The Morgan fingerprint density at radius 3 is 3.06 bits per heavy atom. The van der Waals surface area contributed by atoms with Crippen molar-refractivity contribution in [1.82, 2.24) is 14.8 Å². The van der Waals surface area contributed by atoms with Crippen LogP contribution in [-0.4, -0.2) is 14.8 Å². The molecule has 0 saturated heterocycles. The summed E-state index contributed by atoms with van der Waals surface area (Å²) in [5.74, 6) is 1.04. The maximum Gasteiger partial charge on any atom is 0.174 e. The second kappa shape index (κ2) is 3.15. The van der Waals surface area contributed by atoms with Gasteiger partial charge in [-0.05, 0) is 30.4 Å². The second-order valence-corrected chi connectivity index (χ2v) is 6.08. The third kappa shape index (κ3) is 1.25. The third-order valence-electron chi connectivity index (χ3n) is 2.87. The zero-order chi connectivity index (χ0) is 10.5. The lowest BCUT2D eigenvalue weighted by Gasteiger charge is -2.00. The van der Waals surface area contributed by atoms with Gasteiger partial charge in [0.15, 0.2) is 5.82 Å². The van der Waals surface area contributed by atoms with Crippen LogP contribution in [0, 0.1) is 0 Å². The molecule has 0 atom stereocenters. The quantitative estimate of drug-likeness (QED) is 0.693. The Bertz CT molecular complexity index is 616. The number of nitrogens with zero attached hydrogens (tertiary/aromatic N) is 3. The fourth-order valence-corrected chi connectivity index (χ4v) is 4.01. The van der Waals surface area contributed by atoms with E-state index in [-0.39, 0.29) is 0 Å². The average molecular weight is 247 g/mol. The van der Waals surface area contributed by atoms with E-state index in [2.05, 4.69) is 32.3 Å². The summed E-state index contributed by atoms with van der Waals surface area (Å²) in [7, 11) is 0. The first kappa shape index (κ1) is 8.90. The first-order valence-corrected chi connectivity index (χ1v) is 6.98. The molecule has 16 heavy (non-hydrogen) atoms. The molecule has 1 fully saturated rings. The Kier molecular flexibility index (Phi) is 1.75. The summed E-state index contributed by atoms with van der Waals surface area (Å²) in [4.78, 5) is 1.24. The van der Waals surface area contributed by atoms with Crippen molar-refractivity contribution in [2.45, 2.75) is 18.9 Å². The lowest BCUT2D eigenvalue weighted by atomic mass is 10.4. The zero-order valence-corrected chi connectivity index (χ0v) is 10.1. The van der Waals surface area contributed by atoms with E-state index in [0.29, 0.717) is 6.04 Å². The Balaban J connectivity index is 1.89. The molecule has 80 valence electrons. The molecule has 3 aromatic rings. The highest BCUT2D eigenvalue weighted by Crippen LogP contribution is 2.40. The molecule has 1 saturated carbocycles. The van der Waals surface area contributed by atoms with Gasteiger partial charge >= 0.3 is 0 Å². The van der Waals surface area contributed by atoms with E-state index in [1.54, 1.807) is 11.3 Å². The highest BCUT2D eigenvalue weighted by Gasteiger charge is 2.27. The van der Waals surface area contributed by atoms with Crippen LogP contribution < -0.4 is 0 Å². The van der Waals surface area contributed by atoms with Crippen molar-refractivity contribution < 1.29 is 0 Å². The van der Waals surface area contributed by atoms with Crippen LogP contribution in [0.5, 0.6) is 0 Å². The Morgan fingerprint density at radius 1 is 1.31 bits per heavy atom. The van der Waals surface area contributed by atoms with E-state index >= 15 is 0 Å². The summed E-state index contributed by atoms with van der Waals surface area (Å²) >= 11 is 3.60. The summed E-state index contributed by atoms with van der Waals surface area (Å²) in [6, 6.07) is 5.05. The van der Waals surface area contributed by atoms with E-state index in [4.69, 9.17) is 0 Å². The van der Waals surface area contributed by atoms with Crippen LogP contribution >= 0.6 is 22.7 Å². The van der Waals surface area contributed by atoms with Crippen LogP contribution in [0.1, 0.15) is 18.9 Å². The van der Waals surface area contributed by atoms with E-state index in [1.807, 2.05) is 17.7 Å². The maximum absolute atomic E-state index is 4.25. The van der Waals surface area contributed by atoms with Gasteiger partial charge in [0.2, 0.25) is 0 Å². The van der Waals surface area contributed by atoms with Gasteiger partial charge in [-0.25, -0.2) is 0 Å². The standard InChI is InChI=1S/C11H9N3S2/c1-2-7(1)14-6-12-13-11(14)10-5-9-8(16-10)3-4-15-9/h3-7H,1-2H2. The van der Waals surface area contributed by atoms with Crippen molar-refractivity contribution in [3.8, 4) is 10.7 Å². The summed E-state index contributed by atoms with van der Waals surface area (Å²) in [5, 5.41) is 10.4. The number of hydrogen-bond donors (Lipinski definition) is 0. The van der Waals surface area contributed by atoms with Crippen molar-refractivity contribution in [3.05, 3.63) is 23.8 Å². The maximum atomic E-state index is 4.25. The predicted octanol–water partition coefficient (Wildman–Crippen LogP) is 3.56. The monoisotopic (exact) mass is 247 g/mol. The van der Waals surface area contributed by atoms with Gasteiger partial charge in [0.25, 0.3) is 0 Å². The van der Waals surface area contributed by atoms with Crippen LogP contribution in [0.2, 0.25) is 0 Å². The topological polar surface area (TPSA) is 30.7 Å². The molecule has 3 heterocycles. The molecular weight excluding hydrogens is 238 g/mol. The highest BCUT2D eigenvalue weighted by molar-refractivity contribution is 7.28. The Labute approximate surface area is 100 Å². The minimum Gasteiger partial charge on any atom is -0.310 e. The number of thiophene rings is 2. The van der Waals surface area contributed by atoms with E-state index in [0.717, 1.165) is 5.82 Å². The number of rotatable bonds is 2. The molecule has 0 spiro atoms. The molecule has 3 nitrogen and oxygen atoms in total. The van der Waals surface area contributed by atoms with Crippen molar-refractivity contribution in [2.24, 2.45) is 0 Å². The molecule has 1 aliphatic rings. The van der Waals surface area contributed by atoms with Gasteiger partial charge < -0.3 is 4.57 Å². The first-order valence-electron chi connectivity index (χ1n) is 5.29. The van der Waals surface area contributed by atoms with Crippen LogP contribution in [0.4, 0.5) is 0 Å². The molecule has 0 amide bonds. The first-order chi connectivity index (χ1) is 7.92.